The van der Waals surface area contributed by atoms with Crippen LogP contribution < -0.4 is 4.72 Å². The van der Waals surface area contributed by atoms with Crippen LogP contribution in [0.15, 0.2) is 53.4 Å². The molecule has 2 aromatic rings. The van der Waals surface area contributed by atoms with Gasteiger partial charge in [-0.05, 0) is 48.4 Å². The fourth-order valence-electron chi connectivity index (χ4n) is 1.64. The predicted octanol–water partition coefficient (Wildman–Crippen LogP) is 3.19. The lowest BCUT2D eigenvalue weighted by molar-refractivity contribution is 0.599. The van der Waals surface area contributed by atoms with Crippen molar-refractivity contribution in [2.75, 3.05) is 4.72 Å². The maximum absolute atomic E-state index is 12.8. The molecule has 0 aliphatic carbocycles. The van der Waals surface area contributed by atoms with Crippen molar-refractivity contribution in [3.05, 3.63) is 59.9 Å². The molecule has 0 radical (unpaired) electrons. The van der Waals surface area contributed by atoms with Crippen LogP contribution in [0, 0.1) is 5.82 Å². The number of rotatable bonds is 4. The minimum Gasteiger partial charge on any atom is -0.280 e. The minimum absolute atomic E-state index is 0.0356. The van der Waals surface area contributed by atoms with Gasteiger partial charge in [0.15, 0.2) is 0 Å². The van der Waals surface area contributed by atoms with Crippen LogP contribution in [0.25, 0.3) is 0 Å². The maximum atomic E-state index is 12.8. The Hall–Kier alpha value is -1.88. The summed E-state index contributed by atoms with van der Waals surface area (Å²) in [6, 6.07) is 11.9. The Morgan fingerprint density at radius 3 is 2.11 bits per heavy atom. The molecule has 0 aliphatic heterocycles. The summed E-state index contributed by atoms with van der Waals surface area (Å²) in [5, 5.41) is 0. The van der Waals surface area contributed by atoms with Gasteiger partial charge in [0.25, 0.3) is 10.0 Å². The van der Waals surface area contributed by atoms with Crippen LogP contribution in [0.2, 0.25) is 0 Å². The molecule has 0 unspecified atom stereocenters. The third kappa shape index (κ3) is 3.32. The summed E-state index contributed by atoms with van der Waals surface area (Å²) in [7, 11) is -3.67. The second-order valence-electron chi connectivity index (χ2n) is 4.11. The van der Waals surface area contributed by atoms with Gasteiger partial charge in [0.05, 0.1) is 4.90 Å². The van der Waals surface area contributed by atoms with Gasteiger partial charge in [0.1, 0.15) is 5.82 Å². The lowest BCUT2D eigenvalue weighted by atomic mass is 10.2. The molecule has 0 spiro atoms. The Morgan fingerprint density at radius 2 is 1.58 bits per heavy atom. The molecule has 0 aromatic heterocycles. The fourth-order valence-corrected chi connectivity index (χ4v) is 2.69. The van der Waals surface area contributed by atoms with Crippen LogP contribution in [-0.4, -0.2) is 8.42 Å². The summed E-state index contributed by atoms with van der Waals surface area (Å²) in [4.78, 5) is 0.0356. The molecule has 2 rings (SSSR count). The molecule has 5 heteroatoms. The molecule has 0 bridgehead atoms. The molecular weight excluding hydrogens is 265 g/mol. The number of sulfonamides is 1. The van der Waals surface area contributed by atoms with E-state index in [9.17, 15) is 12.8 Å². The van der Waals surface area contributed by atoms with Gasteiger partial charge in [0, 0.05) is 5.69 Å². The Labute approximate surface area is 112 Å². The first-order valence-electron chi connectivity index (χ1n) is 5.88. The SMILES string of the molecule is CCc1ccc(NS(=O)(=O)c2ccc(F)cc2)cc1. The highest BCUT2D eigenvalue weighted by atomic mass is 32.2. The summed E-state index contributed by atoms with van der Waals surface area (Å²) in [5.74, 6) is -0.466. The summed E-state index contributed by atoms with van der Waals surface area (Å²) < 4.78 is 39.3. The second kappa shape index (κ2) is 5.40. The Bertz CT molecular complexity index is 649. The van der Waals surface area contributed by atoms with E-state index in [2.05, 4.69) is 4.72 Å². The van der Waals surface area contributed by atoms with E-state index in [1.165, 1.54) is 12.1 Å². The highest BCUT2D eigenvalue weighted by Gasteiger charge is 2.13. The molecule has 19 heavy (non-hydrogen) atoms. The Morgan fingerprint density at radius 1 is 1.00 bits per heavy atom. The summed E-state index contributed by atoms with van der Waals surface area (Å²) in [5.41, 5.74) is 1.62. The highest BCUT2D eigenvalue weighted by molar-refractivity contribution is 7.92. The van der Waals surface area contributed by atoms with Crippen LogP contribution in [0.3, 0.4) is 0 Å². The standard InChI is InChI=1S/C14H14FNO2S/c1-2-11-3-7-13(8-4-11)16-19(17,18)14-9-5-12(15)6-10-14/h3-10,16H,2H2,1H3. The molecule has 0 saturated carbocycles. The van der Waals surface area contributed by atoms with Crippen molar-refractivity contribution >= 4 is 15.7 Å². The van der Waals surface area contributed by atoms with Crippen molar-refractivity contribution in [2.24, 2.45) is 0 Å². The van der Waals surface area contributed by atoms with Crippen LogP contribution >= 0.6 is 0 Å². The first-order valence-corrected chi connectivity index (χ1v) is 7.37. The number of anilines is 1. The summed E-state index contributed by atoms with van der Waals surface area (Å²) in [6.45, 7) is 2.03. The monoisotopic (exact) mass is 279 g/mol. The molecular formula is C14H14FNO2S. The molecule has 0 fully saturated rings. The van der Waals surface area contributed by atoms with Crippen LogP contribution in [0.5, 0.6) is 0 Å². The van der Waals surface area contributed by atoms with Gasteiger partial charge >= 0.3 is 0 Å². The zero-order chi connectivity index (χ0) is 13.9. The third-order valence-corrected chi connectivity index (χ3v) is 4.14. The van der Waals surface area contributed by atoms with Crippen LogP contribution in [-0.2, 0) is 16.4 Å². The van der Waals surface area contributed by atoms with E-state index in [0.29, 0.717) is 5.69 Å². The van der Waals surface area contributed by atoms with E-state index in [1.807, 2.05) is 19.1 Å². The topological polar surface area (TPSA) is 46.2 Å². The average Bonchev–Trinajstić information content (AvgIpc) is 2.40. The summed E-state index contributed by atoms with van der Waals surface area (Å²) >= 11 is 0. The molecule has 100 valence electrons. The van der Waals surface area contributed by atoms with Gasteiger partial charge in [0.2, 0.25) is 0 Å². The highest BCUT2D eigenvalue weighted by Crippen LogP contribution is 2.17. The summed E-state index contributed by atoms with van der Waals surface area (Å²) in [6.07, 6.45) is 0.894. The Balaban J connectivity index is 2.23. The lowest BCUT2D eigenvalue weighted by Crippen LogP contribution is -2.12. The quantitative estimate of drug-likeness (QED) is 0.934. The lowest BCUT2D eigenvalue weighted by Gasteiger charge is -2.08. The molecule has 0 atom stereocenters. The van der Waals surface area contributed by atoms with Crippen LogP contribution in [0.4, 0.5) is 10.1 Å². The van der Waals surface area contributed by atoms with Gasteiger partial charge < -0.3 is 0 Å². The van der Waals surface area contributed by atoms with Crippen molar-refractivity contribution in [3.63, 3.8) is 0 Å². The molecule has 3 nitrogen and oxygen atoms in total. The molecule has 0 aliphatic rings. The Kier molecular flexibility index (Phi) is 3.85. The zero-order valence-corrected chi connectivity index (χ0v) is 11.2. The zero-order valence-electron chi connectivity index (χ0n) is 10.4. The second-order valence-corrected chi connectivity index (χ2v) is 5.79. The van der Waals surface area contributed by atoms with Gasteiger partial charge in [-0.3, -0.25) is 4.72 Å². The van der Waals surface area contributed by atoms with Crippen LogP contribution in [0.1, 0.15) is 12.5 Å². The van der Waals surface area contributed by atoms with Gasteiger partial charge in [-0.15, -0.1) is 0 Å². The predicted molar refractivity (Wildman–Crippen MR) is 73.0 cm³/mol. The first-order chi connectivity index (χ1) is 9.01. The maximum Gasteiger partial charge on any atom is 0.261 e. The van der Waals surface area contributed by atoms with Crippen molar-refractivity contribution in [3.8, 4) is 0 Å². The van der Waals surface area contributed by atoms with E-state index >= 15 is 0 Å². The van der Waals surface area contributed by atoms with Crippen molar-refractivity contribution < 1.29 is 12.8 Å². The van der Waals surface area contributed by atoms with E-state index in [1.54, 1.807) is 12.1 Å². The minimum atomic E-state index is -3.67. The van der Waals surface area contributed by atoms with E-state index in [4.69, 9.17) is 0 Å². The van der Waals surface area contributed by atoms with Crippen molar-refractivity contribution in [2.45, 2.75) is 18.2 Å². The number of aryl methyl sites for hydroxylation is 1. The average molecular weight is 279 g/mol. The first kappa shape index (κ1) is 13.5. The van der Waals surface area contributed by atoms with E-state index in [-0.39, 0.29) is 4.90 Å². The van der Waals surface area contributed by atoms with Gasteiger partial charge in [-0.2, -0.15) is 0 Å². The molecule has 0 heterocycles. The number of nitrogens with one attached hydrogen (secondary N) is 1. The number of benzene rings is 2. The normalized spacial score (nSPS) is 11.3. The largest absolute Gasteiger partial charge is 0.280 e. The van der Waals surface area contributed by atoms with Crippen molar-refractivity contribution in [1.29, 1.82) is 0 Å². The third-order valence-electron chi connectivity index (χ3n) is 2.74. The van der Waals surface area contributed by atoms with E-state index in [0.717, 1.165) is 24.1 Å². The number of hydrogen-bond donors (Lipinski definition) is 1. The number of halogens is 1. The number of hydrogen-bond acceptors (Lipinski definition) is 2. The molecule has 1 N–H and O–H groups in total. The van der Waals surface area contributed by atoms with E-state index < -0.39 is 15.8 Å². The van der Waals surface area contributed by atoms with Gasteiger partial charge in [-0.25, -0.2) is 12.8 Å². The van der Waals surface area contributed by atoms with Gasteiger partial charge in [-0.1, -0.05) is 19.1 Å². The molecule has 0 amide bonds. The fraction of sp³-hybridized carbons (Fsp3) is 0.143. The molecule has 2 aromatic carbocycles. The smallest absolute Gasteiger partial charge is 0.261 e. The molecule has 0 saturated heterocycles. The van der Waals surface area contributed by atoms with Crippen molar-refractivity contribution in [1.82, 2.24) is 0 Å².